The Morgan fingerprint density at radius 2 is 2.21 bits per heavy atom. The molecule has 0 aliphatic carbocycles. The van der Waals surface area contributed by atoms with Crippen molar-refractivity contribution in [2.75, 3.05) is 5.73 Å². The highest BCUT2D eigenvalue weighted by molar-refractivity contribution is 7.10. The molecule has 1 aromatic heterocycles. The van der Waals surface area contributed by atoms with Gasteiger partial charge in [0.25, 0.3) is 0 Å². The van der Waals surface area contributed by atoms with Gasteiger partial charge in [-0.3, -0.25) is 4.79 Å². The molecule has 4 heteroatoms. The van der Waals surface area contributed by atoms with Gasteiger partial charge in [-0.2, -0.15) is 0 Å². The molecule has 0 saturated heterocycles. The summed E-state index contributed by atoms with van der Waals surface area (Å²) in [6.45, 7) is 1.97. The van der Waals surface area contributed by atoms with E-state index in [2.05, 4.69) is 5.32 Å². The second-order valence-corrected chi connectivity index (χ2v) is 5.23. The number of nitrogens with two attached hydrogens (primary N) is 1. The van der Waals surface area contributed by atoms with Gasteiger partial charge in [0, 0.05) is 16.6 Å². The summed E-state index contributed by atoms with van der Waals surface area (Å²) in [6, 6.07) is 11.4. The molecule has 98 valence electrons. The van der Waals surface area contributed by atoms with Crippen molar-refractivity contribution in [1.29, 1.82) is 0 Å². The molecular weight excluding hydrogens is 256 g/mol. The standard InChI is InChI=1S/C15H16N2OS/c1-11(14-6-3-9-19-14)17-15(18)8-7-12-4-2-5-13(16)10-12/h2-11H,16H2,1H3,(H,17,18)/b8-7+/t11-/m1/s1. The molecule has 2 aromatic rings. The lowest BCUT2D eigenvalue weighted by atomic mass is 10.2. The van der Waals surface area contributed by atoms with Gasteiger partial charge in [0.1, 0.15) is 0 Å². The minimum absolute atomic E-state index is 0.0259. The third-order valence-corrected chi connectivity index (χ3v) is 3.72. The molecular formula is C15H16N2OS. The van der Waals surface area contributed by atoms with Crippen LogP contribution in [0.5, 0.6) is 0 Å². The molecule has 0 aliphatic heterocycles. The van der Waals surface area contributed by atoms with Crippen LogP contribution < -0.4 is 11.1 Å². The summed E-state index contributed by atoms with van der Waals surface area (Å²) in [6.07, 6.45) is 3.28. The van der Waals surface area contributed by atoms with Crippen molar-refractivity contribution in [2.24, 2.45) is 0 Å². The highest BCUT2D eigenvalue weighted by Crippen LogP contribution is 2.18. The highest BCUT2D eigenvalue weighted by Gasteiger charge is 2.07. The molecule has 3 nitrogen and oxygen atoms in total. The average Bonchev–Trinajstić information content (AvgIpc) is 2.90. The largest absolute Gasteiger partial charge is 0.399 e. The first-order chi connectivity index (χ1) is 9.15. The summed E-state index contributed by atoms with van der Waals surface area (Å²) in [5.41, 5.74) is 7.28. The first-order valence-corrected chi connectivity index (χ1v) is 6.90. The number of hydrogen-bond donors (Lipinski definition) is 2. The van der Waals surface area contributed by atoms with Crippen molar-refractivity contribution in [2.45, 2.75) is 13.0 Å². The van der Waals surface area contributed by atoms with Crippen LogP contribution in [0.4, 0.5) is 5.69 Å². The number of hydrogen-bond acceptors (Lipinski definition) is 3. The summed E-state index contributed by atoms with van der Waals surface area (Å²) < 4.78 is 0. The van der Waals surface area contributed by atoms with Crippen molar-refractivity contribution in [3.63, 3.8) is 0 Å². The Labute approximate surface area is 116 Å². The van der Waals surface area contributed by atoms with E-state index in [0.29, 0.717) is 5.69 Å². The van der Waals surface area contributed by atoms with Crippen LogP contribution >= 0.6 is 11.3 Å². The molecule has 1 heterocycles. The van der Waals surface area contributed by atoms with Gasteiger partial charge >= 0.3 is 0 Å². The number of benzene rings is 1. The second kappa shape index (κ2) is 6.20. The Balaban J connectivity index is 1.94. The highest BCUT2D eigenvalue weighted by atomic mass is 32.1. The van der Waals surface area contributed by atoms with Gasteiger partial charge in [-0.05, 0) is 42.1 Å². The maximum Gasteiger partial charge on any atom is 0.244 e. The van der Waals surface area contributed by atoms with Crippen molar-refractivity contribution < 1.29 is 4.79 Å². The fraction of sp³-hybridized carbons (Fsp3) is 0.133. The minimum Gasteiger partial charge on any atom is -0.399 e. The number of rotatable bonds is 4. The molecule has 1 amide bonds. The number of anilines is 1. The molecule has 0 bridgehead atoms. The maximum absolute atomic E-state index is 11.8. The molecule has 2 rings (SSSR count). The molecule has 0 aliphatic rings. The zero-order chi connectivity index (χ0) is 13.7. The van der Waals surface area contributed by atoms with E-state index in [9.17, 15) is 4.79 Å². The van der Waals surface area contributed by atoms with Crippen LogP contribution in [0.1, 0.15) is 23.4 Å². The summed E-state index contributed by atoms with van der Waals surface area (Å²) in [4.78, 5) is 12.9. The van der Waals surface area contributed by atoms with E-state index in [0.717, 1.165) is 10.4 Å². The molecule has 0 saturated carbocycles. The average molecular weight is 272 g/mol. The zero-order valence-electron chi connectivity index (χ0n) is 10.7. The zero-order valence-corrected chi connectivity index (χ0v) is 11.5. The number of nitrogen functional groups attached to an aromatic ring is 1. The molecule has 1 aromatic carbocycles. The van der Waals surface area contributed by atoms with E-state index in [1.54, 1.807) is 17.4 Å². The summed E-state index contributed by atoms with van der Waals surface area (Å²) in [5.74, 6) is -0.108. The first kappa shape index (κ1) is 13.4. The van der Waals surface area contributed by atoms with E-state index >= 15 is 0 Å². The summed E-state index contributed by atoms with van der Waals surface area (Å²) >= 11 is 1.63. The van der Waals surface area contributed by atoms with Crippen LogP contribution in [0.3, 0.4) is 0 Å². The third kappa shape index (κ3) is 3.96. The van der Waals surface area contributed by atoms with Gasteiger partial charge in [0.2, 0.25) is 5.91 Å². The van der Waals surface area contributed by atoms with Crippen LogP contribution in [-0.2, 0) is 4.79 Å². The predicted octanol–water partition coefficient (Wildman–Crippen LogP) is 3.22. The van der Waals surface area contributed by atoms with Crippen LogP contribution in [0.15, 0.2) is 47.9 Å². The Kier molecular flexibility index (Phi) is 4.36. The third-order valence-electron chi connectivity index (χ3n) is 2.67. The molecule has 0 radical (unpaired) electrons. The molecule has 3 N–H and O–H groups in total. The van der Waals surface area contributed by atoms with E-state index in [1.807, 2.05) is 48.7 Å². The number of carbonyl (C=O) groups excluding carboxylic acids is 1. The monoisotopic (exact) mass is 272 g/mol. The van der Waals surface area contributed by atoms with Gasteiger partial charge in [0.05, 0.1) is 6.04 Å². The van der Waals surface area contributed by atoms with E-state index in [-0.39, 0.29) is 11.9 Å². The maximum atomic E-state index is 11.8. The van der Waals surface area contributed by atoms with Crippen LogP contribution in [0.2, 0.25) is 0 Å². The van der Waals surface area contributed by atoms with Gasteiger partial charge in [-0.25, -0.2) is 0 Å². The normalized spacial score (nSPS) is 12.5. The predicted molar refractivity (Wildman–Crippen MR) is 80.8 cm³/mol. The molecule has 0 unspecified atom stereocenters. The molecule has 0 fully saturated rings. The lowest BCUT2D eigenvalue weighted by molar-refractivity contribution is -0.117. The SMILES string of the molecule is C[C@@H](NC(=O)/C=C/c1cccc(N)c1)c1cccs1. The van der Waals surface area contributed by atoms with Gasteiger partial charge in [-0.15, -0.1) is 11.3 Å². The van der Waals surface area contributed by atoms with Crippen LogP contribution in [-0.4, -0.2) is 5.91 Å². The van der Waals surface area contributed by atoms with Crippen molar-refractivity contribution >= 4 is 29.0 Å². The second-order valence-electron chi connectivity index (χ2n) is 4.25. The Bertz CT molecular complexity index is 576. The van der Waals surface area contributed by atoms with Gasteiger partial charge < -0.3 is 11.1 Å². The van der Waals surface area contributed by atoms with Crippen LogP contribution in [0.25, 0.3) is 6.08 Å². The number of nitrogens with one attached hydrogen (secondary N) is 1. The Morgan fingerprint density at radius 3 is 2.89 bits per heavy atom. The topological polar surface area (TPSA) is 55.1 Å². The van der Waals surface area contributed by atoms with Crippen molar-refractivity contribution in [3.05, 3.63) is 58.3 Å². The van der Waals surface area contributed by atoms with Crippen LogP contribution in [0, 0.1) is 0 Å². The number of amides is 1. The number of thiophene rings is 1. The van der Waals surface area contributed by atoms with E-state index in [1.165, 1.54) is 6.08 Å². The van der Waals surface area contributed by atoms with Crippen molar-refractivity contribution in [3.8, 4) is 0 Å². The fourth-order valence-corrected chi connectivity index (χ4v) is 2.44. The van der Waals surface area contributed by atoms with E-state index in [4.69, 9.17) is 5.73 Å². The van der Waals surface area contributed by atoms with Gasteiger partial charge in [0.15, 0.2) is 0 Å². The first-order valence-electron chi connectivity index (χ1n) is 6.02. The molecule has 0 spiro atoms. The smallest absolute Gasteiger partial charge is 0.244 e. The molecule has 1 atom stereocenters. The van der Waals surface area contributed by atoms with E-state index < -0.39 is 0 Å². The van der Waals surface area contributed by atoms with Gasteiger partial charge in [-0.1, -0.05) is 18.2 Å². The lowest BCUT2D eigenvalue weighted by Gasteiger charge is -2.09. The minimum atomic E-state index is -0.108. The quantitative estimate of drug-likeness (QED) is 0.663. The Hall–Kier alpha value is -2.07. The Morgan fingerprint density at radius 1 is 1.37 bits per heavy atom. The molecule has 19 heavy (non-hydrogen) atoms. The number of carbonyl (C=O) groups is 1. The summed E-state index contributed by atoms with van der Waals surface area (Å²) in [7, 11) is 0. The fourth-order valence-electron chi connectivity index (χ4n) is 1.70. The summed E-state index contributed by atoms with van der Waals surface area (Å²) in [5, 5.41) is 4.92. The van der Waals surface area contributed by atoms with Crippen molar-refractivity contribution in [1.82, 2.24) is 5.32 Å². The lowest BCUT2D eigenvalue weighted by Crippen LogP contribution is -2.23.